The average Bonchev–Trinajstić information content (AvgIpc) is 3.27. The number of anilines is 1. The van der Waals surface area contributed by atoms with Crippen molar-refractivity contribution in [2.24, 2.45) is 0 Å². The fraction of sp³-hybridized carbons (Fsp3) is 0.619. The van der Waals surface area contributed by atoms with Crippen LogP contribution in [0, 0.1) is 0 Å². The van der Waals surface area contributed by atoms with Crippen molar-refractivity contribution in [3.63, 3.8) is 0 Å². The molecule has 0 unspecified atom stereocenters. The minimum atomic E-state index is -3.83. The molecule has 1 aromatic rings. The van der Waals surface area contributed by atoms with Crippen LogP contribution in [0.5, 0.6) is 0 Å². The number of rotatable bonds is 12. The van der Waals surface area contributed by atoms with Gasteiger partial charge in [0, 0.05) is 24.8 Å². The van der Waals surface area contributed by atoms with E-state index in [-0.39, 0.29) is 36.7 Å². The van der Waals surface area contributed by atoms with E-state index in [1.54, 1.807) is 39.0 Å². The molecule has 0 radical (unpaired) electrons. The van der Waals surface area contributed by atoms with Crippen LogP contribution in [0.15, 0.2) is 29.2 Å². The number of ether oxygens (including phenoxy) is 1. The Kier molecular flexibility index (Phi) is 10.2. The zero-order valence-electron chi connectivity index (χ0n) is 18.9. The molecule has 32 heavy (non-hydrogen) atoms. The second kappa shape index (κ2) is 12.6. The maximum absolute atomic E-state index is 13.2. The summed E-state index contributed by atoms with van der Waals surface area (Å²) >= 11 is 0. The minimum Gasteiger partial charge on any atom is -0.465 e. The van der Waals surface area contributed by atoms with E-state index in [0.29, 0.717) is 12.2 Å². The first-order chi connectivity index (χ1) is 15.2. The van der Waals surface area contributed by atoms with E-state index in [2.05, 4.69) is 16.0 Å². The molecular weight excluding hydrogens is 436 g/mol. The van der Waals surface area contributed by atoms with Crippen LogP contribution in [0.4, 0.5) is 10.5 Å². The second-order valence-electron chi connectivity index (χ2n) is 7.74. The van der Waals surface area contributed by atoms with Crippen molar-refractivity contribution in [1.82, 2.24) is 15.1 Å². The summed E-state index contributed by atoms with van der Waals surface area (Å²) in [5, 5.41) is 8.08. The Labute approximate surface area is 190 Å². The van der Waals surface area contributed by atoms with E-state index >= 15 is 0 Å². The van der Waals surface area contributed by atoms with Crippen molar-refractivity contribution in [2.75, 3.05) is 31.6 Å². The molecule has 0 spiro atoms. The van der Waals surface area contributed by atoms with E-state index in [1.165, 1.54) is 6.07 Å². The number of urea groups is 1. The number of amides is 2. The van der Waals surface area contributed by atoms with Gasteiger partial charge < -0.3 is 20.7 Å². The summed E-state index contributed by atoms with van der Waals surface area (Å²) in [6.45, 7) is 5.94. The highest BCUT2D eigenvalue weighted by atomic mass is 32.2. The predicted molar refractivity (Wildman–Crippen MR) is 120 cm³/mol. The fourth-order valence-corrected chi connectivity index (χ4v) is 4.80. The fourth-order valence-electron chi connectivity index (χ4n) is 3.28. The SMILES string of the molecule is CCOC(=O)CNC(=O)NCCNc1cccc(S(=O)(=O)N(OC2CCCC2)C(C)C)c1. The molecule has 1 saturated carbocycles. The van der Waals surface area contributed by atoms with Gasteiger partial charge in [-0.1, -0.05) is 23.4 Å². The highest BCUT2D eigenvalue weighted by Gasteiger charge is 2.32. The molecule has 0 aromatic heterocycles. The Bertz CT molecular complexity index is 856. The minimum absolute atomic E-state index is 0.0745. The molecule has 180 valence electrons. The van der Waals surface area contributed by atoms with Gasteiger partial charge >= 0.3 is 12.0 Å². The van der Waals surface area contributed by atoms with Crippen molar-refractivity contribution in [2.45, 2.75) is 63.5 Å². The van der Waals surface area contributed by atoms with Gasteiger partial charge in [-0.2, -0.15) is 0 Å². The molecule has 0 atom stereocenters. The number of esters is 1. The van der Waals surface area contributed by atoms with Crippen LogP contribution in [0.25, 0.3) is 0 Å². The summed E-state index contributed by atoms with van der Waals surface area (Å²) in [7, 11) is -3.83. The molecule has 0 saturated heterocycles. The van der Waals surface area contributed by atoms with Crippen molar-refractivity contribution in [3.05, 3.63) is 24.3 Å². The number of hydrogen-bond acceptors (Lipinski definition) is 7. The lowest BCUT2D eigenvalue weighted by atomic mass is 10.3. The number of hydrogen-bond donors (Lipinski definition) is 3. The Morgan fingerprint density at radius 1 is 1.16 bits per heavy atom. The van der Waals surface area contributed by atoms with E-state index < -0.39 is 22.0 Å². The van der Waals surface area contributed by atoms with Crippen LogP contribution in [0.2, 0.25) is 0 Å². The van der Waals surface area contributed by atoms with Crippen molar-refractivity contribution in [3.8, 4) is 0 Å². The van der Waals surface area contributed by atoms with Gasteiger partial charge in [0.15, 0.2) is 0 Å². The van der Waals surface area contributed by atoms with Crippen LogP contribution in [-0.2, 0) is 24.4 Å². The molecule has 3 N–H and O–H groups in total. The third-order valence-corrected chi connectivity index (χ3v) is 6.62. The van der Waals surface area contributed by atoms with E-state index in [9.17, 15) is 18.0 Å². The number of benzene rings is 1. The summed E-state index contributed by atoms with van der Waals surface area (Å²) in [5.41, 5.74) is 0.601. The topological polar surface area (TPSA) is 126 Å². The first-order valence-electron chi connectivity index (χ1n) is 11.0. The first-order valence-corrected chi connectivity index (χ1v) is 12.4. The van der Waals surface area contributed by atoms with Crippen LogP contribution in [0.1, 0.15) is 46.5 Å². The standard InChI is InChI=1S/C21H34N4O6S/c1-4-30-20(26)15-24-21(27)23-13-12-22-17-8-7-11-19(14-17)32(28,29)25(16(2)3)31-18-9-5-6-10-18/h7-8,11,14,16,18,22H,4-6,9-10,12-13,15H2,1-3H3,(H2,23,24,27). The molecule has 0 aliphatic heterocycles. The largest absolute Gasteiger partial charge is 0.465 e. The van der Waals surface area contributed by atoms with Crippen molar-refractivity contribution >= 4 is 27.7 Å². The summed E-state index contributed by atoms with van der Waals surface area (Å²) < 4.78 is 32.2. The van der Waals surface area contributed by atoms with Gasteiger partial charge in [0.05, 0.1) is 17.6 Å². The molecule has 1 fully saturated rings. The highest BCUT2D eigenvalue weighted by Crippen LogP contribution is 2.27. The average molecular weight is 471 g/mol. The summed E-state index contributed by atoms with van der Waals surface area (Å²) in [5.74, 6) is -0.508. The van der Waals surface area contributed by atoms with Crippen LogP contribution in [-0.4, -0.2) is 63.3 Å². The van der Waals surface area contributed by atoms with E-state index in [1.807, 2.05) is 0 Å². The Hall–Kier alpha value is -2.37. The van der Waals surface area contributed by atoms with Gasteiger partial charge in [-0.15, -0.1) is 0 Å². The van der Waals surface area contributed by atoms with Gasteiger partial charge in [0.2, 0.25) is 0 Å². The lowest BCUT2D eigenvalue weighted by molar-refractivity contribution is -0.146. The zero-order valence-corrected chi connectivity index (χ0v) is 19.7. The van der Waals surface area contributed by atoms with Crippen molar-refractivity contribution < 1.29 is 27.6 Å². The Morgan fingerprint density at radius 3 is 2.53 bits per heavy atom. The molecule has 11 heteroatoms. The first kappa shape index (κ1) is 25.9. The predicted octanol–water partition coefficient (Wildman–Crippen LogP) is 2.23. The molecular formula is C21H34N4O6S. The number of sulfonamides is 1. The molecule has 10 nitrogen and oxygen atoms in total. The van der Waals surface area contributed by atoms with Gasteiger partial charge in [-0.3, -0.25) is 9.63 Å². The number of nitrogens with one attached hydrogen (secondary N) is 3. The Balaban J connectivity index is 1.88. The molecule has 0 bridgehead atoms. The van der Waals surface area contributed by atoms with Gasteiger partial charge in [-0.25, -0.2) is 13.2 Å². The molecule has 1 aliphatic carbocycles. The van der Waals surface area contributed by atoms with Gasteiger partial charge in [0.25, 0.3) is 10.0 Å². The smallest absolute Gasteiger partial charge is 0.325 e. The normalized spacial score (nSPS) is 14.5. The van der Waals surface area contributed by atoms with Gasteiger partial charge in [-0.05, 0) is 51.8 Å². The lowest BCUT2D eigenvalue weighted by Crippen LogP contribution is -2.40. The third-order valence-electron chi connectivity index (χ3n) is 4.78. The van der Waals surface area contributed by atoms with Crippen LogP contribution in [0.3, 0.4) is 0 Å². The van der Waals surface area contributed by atoms with E-state index in [4.69, 9.17) is 9.57 Å². The third kappa shape index (κ3) is 7.95. The van der Waals surface area contributed by atoms with Gasteiger partial charge in [0.1, 0.15) is 6.54 Å². The molecule has 1 aromatic carbocycles. The summed E-state index contributed by atoms with van der Waals surface area (Å²) in [4.78, 5) is 28.9. The number of hydroxylamine groups is 1. The zero-order chi connectivity index (χ0) is 23.6. The quantitative estimate of drug-likeness (QED) is 0.243. The number of nitrogens with zero attached hydrogens (tertiary/aromatic N) is 1. The maximum Gasteiger partial charge on any atom is 0.325 e. The maximum atomic E-state index is 13.2. The molecule has 2 amide bonds. The van der Waals surface area contributed by atoms with Crippen LogP contribution >= 0.6 is 0 Å². The Morgan fingerprint density at radius 2 is 1.88 bits per heavy atom. The lowest BCUT2D eigenvalue weighted by Gasteiger charge is -2.28. The van der Waals surface area contributed by atoms with Crippen molar-refractivity contribution in [1.29, 1.82) is 0 Å². The number of carbonyl (C=O) groups is 2. The summed E-state index contributed by atoms with van der Waals surface area (Å²) in [6.07, 6.45) is 3.74. The second-order valence-corrected chi connectivity index (χ2v) is 9.52. The number of carbonyl (C=O) groups excluding carboxylic acids is 2. The summed E-state index contributed by atoms with van der Waals surface area (Å²) in [6, 6.07) is 5.65. The van der Waals surface area contributed by atoms with E-state index in [0.717, 1.165) is 30.2 Å². The highest BCUT2D eigenvalue weighted by molar-refractivity contribution is 7.89. The van der Waals surface area contributed by atoms with Crippen LogP contribution < -0.4 is 16.0 Å². The molecule has 1 aliphatic rings. The molecule has 0 heterocycles. The molecule has 2 rings (SSSR count). The monoisotopic (exact) mass is 470 g/mol.